The maximum Gasteiger partial charge on any atom is 0.173 e. The third-order valence-corrected chi connectivity index (χ3v) is 5.85. The van der Waals surface area contributed by atoms with E-state index in [1.165, 1.54) is 19.3 Å². The van der Waals surface area contributed by atoms with Crippen LogP contribution in [0.1, 0.15) is 91.9 Å². The highest BCUT2D eigenvalue weighted by Crippen LogP contribution is 2.38. The molecule has 0 spiro atoms. The van der Waals surface area contributed by atoms with E-state index in [0.29, 0.717) is 17.9 Å². The Labute approximate surface area is 201 Å². The first-order chi connectivity index (χ1) is 15.6. The first-order valence-electron chi connectivity index (χ1n) is 12.9. The minimum Gasteiger partial charge on any atom is -0.354 e. The molecule has 188 valence electrons. The van der Waals surface area contributed by atoms with Gasteiger partial charge in [-0.1, -0.05) is 77.7 Å². The topological polar surface area (TPSA) is 30.5 Å². The summed E-state index contributed by atoms with van der Waals surface area (Å²) in [5.41, 5.74) is 0. The number of hydrogen-bond donors (Lipinski definition) is 1. The van der Waals surface area contributed by atoms with Crippen molar-refractivity contribution in [3.05, 3.63) is 50.6 Å². The zero-order valence-electron chi connectivity index (χ0n) is 22.1. The molecule has 1 aliphatic rings. The van der Waals surface area contributed by atoms with Gasteiger partial charge in [-0.2, -0.15) is 0 Å². The number of rotatable bonds is 15. The molecule has 0 aromatic rings. The predicted molar refractivity (Wildman–Crippen MR) is 144 cm³/mol. The van der Waals surface area contributed by atoms with Crippen LogP contribution in [0.2, 0.25) is 0 Å². The summed E-state index contributed by atoms with van der Waals surface area (Å²) in [6.45, 7) is 24.4. The molecule has 1 aliphatic heterocycles. The SMILES string of the molecule is C=CCC.C=CCCC.C=CCCNC1C(OC)OC(CCCC)C(CCC=C)C1CC. The van der Waals surface area contributed by atoms with Crippen molar-refractivity contribution in [2.24, 2.45) is 11.8 Å². The van der Waals surface area contributed by atoms with E-state index in [9.17, 15) is 0 Å². The maximum atomic E-state index is 6.38. The van der Waals surface area contributed by atoms with Crippen LogP contribution in [-0.4, -0.2) is 32.1 Å². The van der Waals surface area contributed by atoms with Crippen LogP contribution in [-0.2, 0) is 9.47 Å². The second kappa shape index (κ2) is 24.5. The third-order valence-electron chi connectivity index (χ3n) is 5.85. The van der Waals surface area contributed by atoms with Gasteiger partial charge in [-0.3, -0.25) is 0 Å². The normalized spacial score (nSPS) is 24.2. The molecule has 1 fully saturated rings. The lowest BCUT2D eigenvalue weighted by atomic mass is 9.74. The lowest BCUT2D eigenvalue weighted by Crippen LogP contribution is -2.57. The van der Waals surface area contributed by atoms with Gasteiger partial charge in [0.15, 0.2) is 6.29 Å². The van der Waals surface area contributed by atoms with E-state index in [1.807, 2.05) is 24.3 Å². The molecule has 3 nitrogen and oxygen atoms in total. The van der Waals surface area contributed by atoms with Crippen LogP contribution in [0.3, 0.4) is 0 Å². The molecule has 0 aliphatic carbocycles. The van der Waals surface area contributed by atoms with Gasteiger partial charge in [0.25, 0.3) is 0 Å². The highest BCUT2D eigenvalue weighted by atomic mass is 16.7. The highest BCUT2D eigenvalue weighted by Gasteiger charge is 2.43. The largest absolute Gasteiger partial charge is 0.354 e. The fraction of sp³-hybridized carbons (Fsp3) is 0.724. The Bertz CT molecular complexity index is 448. The first kappa shape index (κ1) is 33.0. The average Bonchev–Trinajstić information content (AvgIpc) is 2.82. The minimum atomic E-state index is -0.147. The molecule has 1 rings (SSSR count). The lowest BCUT2D eigenvalue weighted by Gasteiger charge is -2.47. The molecule has 1 N–H and O–H groups in total. The van der Waals surface area contributed by atoms with Crippen LogP contribution in [0.5, 0.6) is 0 Å². The van der Waals surface area contributed by atoms with Crippen LogP contribution >= 0.6 is 0 Å². The van der Waals surface area contributed by atoms with Gasteiger partial charge in [0, 0.05) is 7.11 Å². The maximum absolute atomic E-state index is 6.38. The fourth-order valence-corrected chi connectivity index (χ4v) is 4.06. The summed E-state index contributed by atoms with van der Waals surface area (Å²) in [4.78, 5) is 0. The van der Waals surface area contributed by atoms with E-state index in [-0.39, 0.29) is 12.3 Å². The van der Waals surface area contributed by atoms with Crippen LogP contribution in [0, 0.1) is 11.8 Å². The van der Waals surface area contributed by atoms with E-state index >= 15 is 0 Å². The minimum absolute atomic E-state index is 0.147. The molecule has 0 saturated carbocycles. The summed E-state index contributed by atoms with van der Waals surface area (Å²) in [6, 6.07) is 0.262. The summed E-state index contributed by atoms with van der Waals surface area (Å²) in [5.74, 6) is 1.16. The molecule has 0 radical (unpaired) electrons. The molecule has 32 heavy (non-hydrogen) atoms. The molecule has 0 bridgehead atoms. The molecule has 1 saturated heterocycles. The second-order valence-electron chi connectivity index (χ2n) is 8.35. The number of ether oxygens (including phenoxy) is 2. The molecule has 5 unspecified atom stereocenters. The standard InChI is InChI=1S/C20H37NO2.C5H10.C4H8/c1-6-10-13-17-16(9-4)19(21-15-12-8-3)20(22-5)23-18(17)14-11-7-2;1-3-5-4-2;1-3-4-2/h6,8,16-21H,1,3,7,9-15H2,2,4-5H3;3H,1,4-5H2,2H3;3H,1,4H2,2H3. The smallest absolute Gasteiger partial charge is 0.173 e. The van der Waals surface area contributed by atoms with Gasteiger partial charge in [0.2, 0.25) is 0 Å². The lowest BCUT2D eigenvalue weighted by molar-refractivity contribution is -0.232. The van der Waals surface area contributed by atoms with Gasteiger partial charge >= 0.3 is 0 Å². The number of unbranched alkanes of at least 4 members (excludes halogenated alkanes) is 2. The molecule has 3 heteroatoms. The zero-order chi connectivity index (χ0) is 24.6. The van der Waals surface area contributed by atoms with Gasteiger partial charge in [0.1, 0.15) is 0 Å². The van der Waals surface area contributed by atoms with Crippen molar-refractivity contribution in [3.63, 3.8) is 0 Å². The van der Waals surface area contributed by atoms with Gasteiger partial charge in [-0.15, -0.1) is 26.3 Å². The monoisotopic (exact) mass is 449 g/mol. The van der Waals surface area contributed by atoms with Crippen molar-refractivity contribution in [2.75, 3.05) is 13.7 Å². The second-order valence-corrected chi connectivity index (χ2v) is 8.35. The van der Waals surface area contributed by atoms with Gasteiger partial charge in [-0.25, -0.2) is 0 Å². The Balaban J connectivity index is 0. The van der Waals surface area contributed by atoms with E-state index in [4.69, 9.17) is 9.47 Å². The van der Waals surface area contributed by atoms with Crippen molar-refractivity contribution in [3.8, 4) is 0 Å². The van der Waals surface area contributed by atoms with Gasteiger partial charge in [-0.05, 0) is 56.9 Å². The van der Waals surface area contributed by atoms with Crippen molar-refractivity contribution >= 4 is 0 Å². The van der Waals surface area contributed by atoms with Crippen LogP contribution < -0.4 is 5.32 Å². The molecular formula is C29H55NO2. The van der Waals surface area contributed by atoms with Crippen LogP contribution in [0.4, 0.5) is 0 Å². The molecule has 0 aromatic heterocycles. The Hall–Kier alpha value is -1.16. The van der Waals surface area contributed by atoms with E-state index in [1.54, 1.807) is 7.11 Å². The van der Waals surface area contributed by atoms with Crippen molar-refractivity contribution in [2.45, 2.75) is 110 Å². The Kier molecular flexibility index (Phi) is 25.3. The predicted octanol–water partition coefficient (Wildman–Crippen LogP) is 8.25. The Morgan fingerprint density at radius 3 is 1.84 bits per heavy atom. The van der Waals surface area contributed by atoms with E-state index in [2.05, 4.69) is 59.3 Å². The summed E-state index contributed by atoms with van der Waals surface area (Å²) in [5, 5.41) is 3.66. The van der Waals surface area contributed by atoms with Crippen molar-refractivity contribution < 1.29 is 9.47 Å². The number of allylic oxidation sites excluding steroid dienone is 3. The van der Waals surface area contributed by atoms with E-state index < -0.39 is 0 Å². The Morgan fingerprint density at radius 2 is 1.44 bits per heavy atom. The third kappa shape index (κ3) is 14.8. The molecule has 0 amide bonds. The van der Waals surface area contributed by atoms with Crippen molar-refractivity contribution in [1.29, 1.82) is 0 Å². The average molecular weight is 450 g/mol. The first-order valence-corrected chi connectivity index (χ1v) is 12.9. The molecule has 1 heterocycles. The highest BCUT2D eigenvalue weighted by molar-refractivity contribution is 4.93. The summed E-state index contributed by atoms with van der Waals surface area (Å²) in [6.07, 6.45) is 19.3. The molecule has 5 atom stereocenters. The summed E-state index contributed by atoms with van der Waals surface area (Å²) < 4.78 is 12.1. The number of nitrogens with one attached hydrogen (secondary N) is 1. The van der Waals surface area contributed by atoms with Crippen LogP contribution in [0.25, 0.3) is 0 Å². The number of methoxy groups -OCH3 is 1. The van der Waals surface area contributed by atoms with Gasteiger partial charge < -0.3 is 14.8 Å². The van der Waals surface area contributed by atoms with Crippen LogP contribution in [0.15, 0.2) is 50.6 Å². The zero-order valence-corrected chi connectivity index (χ0v) is 22.1. The Morgan fingerprint density at radius 1 is 0.812 bits per heavy atom. The summed E-state index contributed by atoms with van der Waals surface area (Å²) >= 11 is 0. The fourth-order valence-electron chi connectivity index (χ4n) is 4.06. The van der Waals surface area contributed by atoms with Crippen molar-refractivity contribution in [1.82, 2.24) is 5.32 Å². The van der Waals surface area contributed by atoms with Gasteiger partial charge in [0.05, 0.1) is 12.1 Å². The summed E-state index contributed by atoms with van der Waals surface area (Å²) in [7, 11) is 1.76. The number of hydrogen-bond acceptors (Lipinski definition) is 3. The molecular weight excluding hydrogens is 394 g/mol. The van der Waals surface area contributed by atoms with E-state index in [0.717, 1.165) is 51.5 Å². The quantitative estimate of drug-likeness (QED) is 0.202. The molecule has 0 aromatic carbocycles.